The normalized spacial score (nSPS) is 20.2. The summed E-state index contributed by atoms with van der Waals surface area (Å²) in [5.41, 5.74) is 3.82. The lowest BCUT2D eigenvalue weighted by Crippen LogP contribution is -2.36. The van der Waals surface area contributed by atoms with Gasteiger partial charge in [0.15, 0.2) is 0 Å². The van der Waals surface area contributed by atoms with Crippen LogP contribution in [0.1, 0.15) is 33.1 Å². The van der Waals surface area contributed by atoms with Crippen LogP contribution in [-0.2, 0) is 0 Å². The Morgan fingerprint density at radius 3 is 2.41 bits per heavy atom. The van der Waals surface area contributed by atoms with E-state index in [2.05, 4.69) is 84.3 Å². The summed E-state index contributed by atoms with van der Waals surface area (Å²) >= 11 is 1.84. The minimum Gasteiger partial charge on any atom is -0.365 e. The van der Waals surface area contributed by atoms with E-state index in [1.807, 2.05) is 11.3 Å². The number of thiophene rings is 1. The van der Waals surface area contributed by atoms with Crippen LogP contribution in [-0.4, -0.2) is 0 Å². The minimum atomic E-state index is 0.152. The highest BCUT2D eigenvalue weighted by atomic mass is 32.1. The molecule has 1 aliphatic rings. The first-order valence-electron chi connectivity index (χ1n) is 7.54. The van der Waals surface area contributed by atoms with E-state index >= 15 is 0 Å². The molecule has 4 rings (SSSR count). The quantitative estimate of drug-likeness (QED) is 0.706. The molecule has 0 bridgehead atoms. The number of fused-ring (bicyclic) bond motifs is 1. The summed E-state index contributed by atoms with van der Waals surface area (Å²) in [6.07, 6.45) is 0.152. The molecule has 1 aromatic heterocycles. The number of hydrogen-bond donors (Lipinski definition) is 2. The molecule has 2 N–H and O–H groups in total. The smallest absolute Gasteiger partial charge is 0.113 e. The van der Waals surface area contributed by atoms with Crippen LogP contribution in [0.2, 0.25) is 0 Å². The van der Waals surface area contributed by atoms with Crippen molar-refractivity contribution < 1.29 is 0 Å². The van der Waals surface area contributed by atoms with E-state index < -0.39 is 0 Å². The van der Waals surface area contributed by atoms with Crippen LogP contribution in [0.25, 0.3) is 0 Å². The van der Waals surface area contributed by atoms with Gasteiger partial charge >= 0.3 is 0 Å². The Hall–Kier alpha value is -2.10. The number of para-hydroxylation sites is 1. The molecular formula is C19H18N2S. The fourth-order valence-corrected chi connectivity index (χ4v) is 3.91. The maximum atomic E-state index is 3.75. The van der Waals surface area contributed by atoms with Crippen LogP contribution >= 0.6 is 11.3 Å². The first-order chi connectivity index (χ1) is 10.8. The van der Waals surface area contributed by atoms with Gasteiger partial charge in [0.25, 0.3) is 0 Å². The zero-order valence-electron chi connectivity index (χ0n) is 12.4. The Morgan fingerprint density at radius 2 is 1.64 bits per heavy atom. The van der Waals surface area contributed by atoms with Crippen molar-refractivity contribution >= 4 is 17.0 Å². The Balaban J connectivity index is 1.77. The summed E-state index contributed by atoms with van der Waals surface area (Å²) in [5, 5.41) is 7.38. The largest absolute Gasteiger partial charge is 0.365 e. The monoisotopic (exact) mass is 306 g/mol. The minimum absolute atomic E-state index is 0.152. The summed E-state index contributed by atoms with van der Waals surface area (Å²) in [6, 6.07) is 23.8. The molecule has 0 fully saturated rings. The summed E-state index contributed by atoms with van der Waals surface area (Å²) in [4.78, 5) is 2.67. The zero-order chi connectivity index (χ0) is 14.9. The SMILES string of the molecule is Cc1ccc([C@@H]2Nc3ccccc3[C@H](c3ccccc3)N2)s1. The van der Waals surface area contributed by atoms with Gasteiger partial charge in [-0.2, -0.15) is 0 Å². The van der Waals surface area contributed by atoms with Crippen LogP contribution in [0.15, 0.2) is 66.7 Å². The number of nitrogens with one attached hydrogen (secondary N) is 2. The second-order valence-corrected chi connectivity index (χ2v) is 6.94. The average Bonchev–Trinajstić information content (AvgIpc) is 3.01. The van der Waals surface area contributed by atoms with Gasteiger partial charge in [0.05, 0.1) is 6.04 Å². The number of anilines is 1. The van der Waals surface area contributed by atoms with Gasteiger partial charge in [0.2, 0.25) is 0 Å². The van der Waals surface area contributed by atoms with Gasteiger partial charge in [-0.15, -0.1) is 11.3 Å². The number of hydrogen-bond acceptors (Lipinski definition) is 3. The predicted octanol–water partition coefficient (Wildman–Crippen LogP) is 4.86. The third-order valence-corrected chi connectivity index (χ3v) is 5.15. The van der Waals surface area contributed by atoms with E-state index in [4.69, 9.17) is 0 Å². The Labute approximate surface area is 134 Å². The summed E-state index contributed by atoms with van der Waals surface area (Å²) in [5.74, 6) is 0. The predicted molar refractivity (Wildman–Crippen MR) is 93.3 cm³/mol. The van der Waals surface area contributed by atoms with E-state index in [1.54, 1.807) is 0 Å². The molecule has 22 heavy (non-hydrogen) atoms. The van der Waals surface area contributed by atoms with Crippen LogP contribution in [0.5, 0.6) is 0 Å². The summed E-state index contributed by atoms with van der Waals surface area (Å²) < 4.78 is 0. The van der Waals surface area contributed by atoms with Crippen molar-refractivity contribution in [3.8, 4) is 0 Å². The third-order valence-electron chi connectivity index (χ3n) is 4.08. The Kier molecular flexibility index (Phi) is 3.45. The fraction of sp³-hybridized carbons (Fsp3) is 0.158. The van der Waals surface area contributed by atoms with E-state index in [-0.39, 0.29) is 12.2 Å². The summed E-state index contributed by atoms with van der Waals surface area (Å²) in [7, 11) is 0. The van der Waals surface area contributed by atoms with Crippen molar-refractivity contribution in [1.82, 2.24) is 5.32 Å². The molecule has 2 heterocycles. The highest BCUT2D eigenvalue weighted by molar-refractivity contribution is 7.12. The van der Waals surface area contributed by atoms with E-state index in [1.165, 1.54) is 26.6 Å². The van der Waals surface area contributed by atoms with Gasteiger partial charge in [0, 0.05) is 15.4 Å². The van der Waals surface area contributed by atoms with Crippen molar-refractivity contribution in [2.45, 2.75) is 19.1 Å². The van der Waals surface area contributed by atoms with Crippen molar-refractivity contribution in [1.29, 1.82) is 0 Å². The van der Waals surface area contributed by atoms with Crippen molar-refractivity contribution in [2.24, 2.45) is 0 Å². The molecule has 0 unspecified atom stereocenters. The molecule has 0 spiro atoms. The van der Waals surface area contributed by atoms with Gasteiger partial charge in [-0.25, -0.2) is 0 Å². The fourth-order valence-electron chi connectivity index (χ4n) is 3.02. The Bertz CT molecular complexity index is 779. The number of rotatable bonds is 2. The molecule has 0 radical (unpaired) electrons. The molecule has 2 atom stereocenters. The topological polar surface area (TPSA) is 24.1 Å². The van der Waals surface area contributed by atoms with Gasteiger partial charge in [-0.1, -0.05) is 48.5 Å². The van der Waals surface area contributed by atoms with Crippen LogP contribution in [0.4, 0.5) is 5.69 Å². The first-order valence-corrected chi connectivity index (χ1v) is 8.36. The molecule has 0 saturated heterocycles. The second-order valence-electron chi connectivity index (χ2n) is 5.62. The zero-order valence-corrected chi connectivity index (χ0v) is 13.2. The molecule has 2 nitrogen and oxygen atoms in total. The van der Waals surface area contributed by atoms with E-state index in [9.17, 15) is 0 Å². The van der Waals surface area contributed by atoms with Crippen molar-refractivity contribution in [3.63, 3.8) is 0 Å². The number of benzene rings is 2. The maximum absolute atomic E-state index is 3.75. The second kappa shape index (κ2) is 5.59. The maximum Gasteiger partial charge on any atom is 0.113 e. The summed E-state index contributed by atoms with van der Waals surface area (Å²) in [6.45, 7) is 2.15. The molecule has 3 heteroatoms. The van der Waals surface area contributed by atoms with Crippen LogP contribution in [0, 0.1) is 6.92 Å². The molecule has 3 aromatic rings. The lowest BCUT2D eigenvalue weighted by atomic mass is 9.94. The van der Waals surface area contributed by atoms with Crippen LogP contribution < -0.4 is 10.6 Å². The lowest BCUT2D eigenvalue weighted by molar-refractivity contribution is 0.512. The lowest BCUT2D eigenvalue weighted by Gasteiger charge is -2.34. The molecular weight excluding hydrogens is 288 g/mol. The molecule has 0 amide bonds. The number of aryl methyl sites for hydroxylation is 1. The van der Waals surface area contributed by atoms with E-state index in [0.717, 1.165) is 0 Å². The highest BCUT2D eigenvalue weighted by Gasteiger charge is 2.27. The Morgan fingerprint density at radius 1 is 0.864 bits per heavy atom. The van der Waals surface area contributed by atoms with Crippen molar-refractivity contribution in [3.05, 3.63) is 87.6 Å². The average molecular weight is 306 g/mol. The van der Waals surface area contributed by atoms with Crippen LogP contribution in [0.3, 0.4) is 0 Å². The van der Waals surface area contributed by atoms with Gasteiger partial charge in [0.1, 0.15) is 6.17 Å². The highest BCUT2D eigenvalue weighted by Crippen LogP contribution is 2.37. The molecule has 0 saturated carbocycles. The molecule has 1 aliphatic heterocycles. The van der Waals surface area contributed by atoms with Crippen molar-refractivity contribution in [2.75, 3.05) is 5.32 Å². The first kappa shape index (κ1) is 13.6. The third kappa shape index (κ3) is 2.43. The van der Waals surface area contributed by atoms with Gasteiger partial charge in [-0.3, -0.25) is 5.32 Å². The molecule has 110 valence electrons. The molecule has 2 aromatic carbocycles. The standard InChI is InChI=1S/C19H18N2S/c1-13-11-12-17(22-13)19-20-16-10-6-5-9-15(16)18(21-19)14-7-3-2-4-8-14/h2-12,18-21H,1H3/t18-,19+/m0/s1. The van der Waals surface area contributed by atoms with E-state index in [0.29, 0.717) is 0 Å². The van der Waals surface area contributed by atoms with Gasteiger partial charge in [-0.05, 0) is 36.2 Å². The van der Waals surface area contributed by atoms with Gasteiger partial charge < -0.3 is 5.32 Å². The molecule has 0 aliphatic carbocycles.